The molecular formula is C16H21F2NO2. The van der Waals surface area contributed by atoms with Crippen molar-refractivity contribution in [3.63, 3.8) is 0 Å². The minimum atomic E-state index is -2.87. The highest BCUT2D eigenvalue weighted by atomic mass is 19.3. The molecule has 0 aromatic heterocycles. The van der Waals surface area contributed by atoms with Gasteiger partial charge in [0.2, 0.25) is 0 Å². The first-order valence-electron chi connectivity index (χ1n) is 7.40. The number of piperidine rings is 1. The Morgan fingerprint density at radius 3 is 3.00 bits per heavy atom. The van der Waals surface area contributed by atoms with E-state index < -0.39 is 6.61 Å². The second-order valence-electron chi connectivity index (χ2n) is 5.48. The van der Waals surface area contributed by atoms with Gasteiger partial charge in [-0.25, -0.2) is 0 Å². The summed E-state index contributed by atoms with van der Waals surface area (Å²) in [4.78, 5) is 12.3. The summed E-state index contributed by atoms with van der Waals surface area (Å²) in [5, 5.41) is 3.36. The molecular weight excluding hydrogens is 276 g/mol. The number of carbonyl (C=O) groups excluding carboxylic acids is 1. The van der Waals surface area contributed by atoms with E-state index in [0.717, 1.165) is 25.8 Å². The Kier molecular flexibility index (Phi) is 5.67. The maximum atomic E-state index is 12.3. The number of alkyl halides is 2. The third-order valence-corrected chi connectivity index (χ3v) is 3.99. The lowest BCUT2D eigenvalue weighted by Gasteiger charge is -2.29. The molecule has 3 nitrogen and oxygen atoms in total. The molecule has 5 heteroatoms. The molecule has 116 valence electrons. The fraction of sp³-hybridized carbons (Fsp3) is 0.562. The number of hydrogen-bond donors (Lipinski definition) is 1. The number of Topliss-reactive ketones (excluding diaryl/α,β-unsaturated/α-hetero) is 1. The summed E-state index contributed by atoms with van der Waals surface area (Å²) >= 11 is 0. The van der Waals surface area contributed by atoms with Crippen LogP contribution in [0.2, 0.25) is 0 Å². The Morgan fingerprint density at radius 2 is 2.29 bits per heavy atom. The summed E-state index contributed by atoms with van der Waals surface area (Å²) in [5.41, 5.74) is 0.425. The van der Waals surface area contributed by atoms with E-state index in [-0.39, 0.29) is 17.6 Å². The number of nitrogens with one attached hydrogen (secondary N) is 1. The lowest BCUT2D eigenvalue weighted by Crippen LogP contribution is -2.39. The van der Waals surface area contributed by atoms with Crippen LogP contribution in [0.1, 0.15) is 43.0 Å². The van der Waals surface area contributed by atoms with Crippen LogP contribution in [-0.2, 0) is 0 Å². The van der Waals surface area contributed by atoms with Gasteiger partial charge in [0.1, 0.15) is 5.75 Å². The van der Waals surface area contributed by atoms with Crippen molar-refractivity contribution in [2.75, 3.05) is 6.54 Å². The maximum absolute atomic E-state index is 12.3. The van der Waals surface area contributed by atoms with E-state index in [1.807, 2.05) is 0 Å². The van der Waals surface area contributed by atoms with Gasteiger partial charge in [-0.05, 0) is 37.4 Å². The summed E-state index contributed by atoms with van der Waals surface area (Å²) in [6, 6.07) is 6.19. The minimum absolute atomic E-state index is 0.0267. The summed E-state index contributed by atoms with van der Waals surface area (Å²) in [7, 11) is 0. The van der Waals surface area contributed by atoms with E-state index in [1.165, 1.54) is 12.1 Å². The Hall–Kier alpha value is -1.49. The first-order valence-corrected chi connectivity index (χ1v) is 7.40. The maximum Gasteiger partial charge on any atom is 0.387 e. The van der Waals surface area contributed by atoms with Gasteiger partial charge in [0.05, 0.1) is 0 Å². The second kappa shape index (κ2) is 7.50. The minimum Gasteiger partial charge on any atom is -0.435 e. The quantitative estimate of drug-likeness (QED) is 0.815. The van der Waals surface area contributed by atoms with Gasteiger partial charge in [-0.15, -0.1) is 0 Å². The third kappa shape index (κ3) is 4.77. The van der Waals surface area contributed by atoms with Crippen molar-refractivity contribution in [3.05, 3.63) is 29.8 Å². The van der Waals surface area contributed by atoms with Gasteiger partial charge in [0, 0.05) is 18.0 Å². The van der Waals surface area contributed by atoms with Gasteiger partial charge >= 0.3 is 6.61 Å². The SMILES string of the molecule is CCC1CCNC(CC(=O)c2cccc(OC(F)F)c2)C1. The zero-order valence-corrected chi connectivity index (χ0v) is 12.1. The average Bonchev–Trinajstić information content (AvgIpc) is 2.47. The molecule has 2 rings (SSSR count). The van der Waals surface area contributed by atoms with Crippen LogP contribution in [0.15, 0.2) is 24.3 Å². The third-order valence-electron chi connectivity index (χ3n) is 3.99. The van der Waals surface area contributed by atoms with Gasteiger partial charge in [0.25, 0.3) is 0 Å². The van der Waals surface area contributed by atoms with Gasteiger partial charge in [-0.3, -0.25) is 4.79 Å². The van der Waals surface area contributed by atoms with E-state index in [4.69, 9.17) is 0 Å². The van der Waals surface area contributed by atoms with Crippen molar-refractivity contribution in [1.82, 2.24) is 5.32 Å². The lowest BCUT2D eigenvalue weighted by atomic mass is 9.87. The molecule has 21 heavy (non-hydrogen) atoms. The number of carbonyl (C=O) groups is 1. The van der Waals surface area contributed by atoms with Crippen LogP contribution in [0.5, 0.6) is 5.75 Å². The molecule has 0 bridgehead atoms. The van der Waals surface area contributed by atoms with Crippen LogP contribution < -0.4 is 10.1 Å². The lowest BCUT2D eigenvalue weighted by molar-refractivity contribution is -0.0498. The average molecular weight is 297 g/mol. The highest BCUT2D eigenvalue weighted by Crippen LogP contribution is 2.23. The van der Waals surface area contributed by atoms with Gasteiger partial charge in [-0.1, -0.05) is 25.5 Å². The molecule has 2 unspecified atom stereocenters. The smallest absolute Gasteiger partial charge is 0.387 e. The van der Waals surface area contributed by atoms with Crippen LogP contribution in [0.25, 0.3) is 0 Å². The number of hydrogen-bond acceptors (Lipinski definition) is 3. The highest BCUT2D eigenvalue weighted by Gasteiger charge is 2.23. The molecule has 2 atom stereocenters. The molecule has 0 amide bonds. The van der Waals surface area contributed by atoms with Gasteiger partial charge in [-0.2, -0.15) is 8.78 Å². The first kappa shape index (κ1) is 15.9. The largest absolute Gasteiger partial charge is 0.435 e. The molecule has 1 aliphatic rings. The zero-order valence-electron chi connectivity index (χ0n) is 12.1. The Bertz CT molecular complexity index is 479. The summed E-state index contributed by atoms with van der Waals surface area (Å²) in [5.74, 6) is 0.653. The Morgan fingerprint density at radius 1 is 1.48 bits per heavy atom. The van der Waals surface area contributed by atoms with E-state index >= 15 is 0 Å². The van der Waals surface area contributed by atoms with Gasteiger partial charge in [0.15, 0.2) is 5.78 Å². The number of ether oxygens (including phenoxy) is 1. The van der Waals surface area contributed by atoms with E-state index in [1.54, 1.807) is 12.1 Å². The van der Waals surface area contributed by atoms with Crippen molar-refractivity contribution < 1.29 is 18.3 Å². The van der Waals surface area contributed by atoms with Crippen molar-refractivity contribution in [2.45, 2.75) is 45.3 Å². The normalized spacial score (nSPS) is 22.3. The highest BCUT2D eigenvalue weighted by molar-refractivity contribution is 5.96. The molecule has 0 spiro atoms. The number of rotatable bonds is 6. The van der Waals surface area contributed by atoms with E-state index in [2.05, 4.69) is 17.0 Å². The number of benzene rings is 1. The first-order chi connectivity index (χ1) is 10.1. The molecule has 0 saturated carbocycles. The molecule has 1 heterocycles. The Labute approximate surface area is 123 Å². The predicted molar refractivity (Wildman–Crippen MR) is 76.8 cm³/mol. The van der Waals surface area contributed by atoms with Crippen LogP contribution in [0, 0.1) is 5.92 Å². The standard InChI is InChI=1S/C16H21F2NO2/c1-2-11-6-7-19-13(8-11)10-15(20)12-4-3-5-14(9-12)21-16(17)18/h3-5,9,11,13,16,19H,2,6-8,10H2,1H3. The molecule has 1 aromatic rings. The van der Waals surface area contributed by atoms with Crippen LogP contribution in [-0.4, -0.2) is 25.0 Å². The van der Waals surface area contributed by atoms with Crippen molar-refractivity contribution >= 4 is 5.78 Å². The summed E-state index contributed by atoms with van der Waals surface area (Å²) < 4.78 is 28.7. The summed E-state index contributed by atoms with van der Waals surface area (Å²) in [6.45, 7) is 0.228. The van der Waals surface area contributed by atoms with Crippen LogP contribution >= 0.6 is 0 Å². The molecule has 1 aromatic carbocycles. The predicted octanol–water partition coefficient (Wildman–Crippen LogP) is 3.64. The molecule has 1 aliphatic heterocycles. The van der Waals surface area contributed by atoms with Crippen LogP contribution in [0.4, 0.5) is 8.78 Å². The topological polar surface area (TPSA) is 38.3 Å². The van der Waals surface area contributed by atoms with Crippen molar-refractivity contribution in [1.29, 1.82) is 0 Å². The van der Waals surface area contributed by atoms with E-state index in [0.29, 0.717) is 17.9 Å². The molecule has 0 aliphatic carbocycles. The molecule has 1 N–H and O–H groups in total. The molecule has 1 saturated heterocycles. The van der Waals surface area contributed by atoms with Crippen molar-refractivity contribution in [2.24, 2.45) is 5.92 Å². The van der Waals surface area contributed by atoms with Gasteiger partial charge < -0.3 is 10.1 Å². The monoisotopic (exact) mass is 297 g/mol. The number of halogens is 2. The second-order valence-corrected chi connectivity index (χ2v) is 5.48. The zero-order chi connectivity index (χ0) is 15.2. The fourth-order valence-electron chi connectivity index (χ4n) is 2.81. The molecule has 0 radical (unpaired) electrons. The van der Waals surface area contributed by atoms with Crippen LogP contribution in [0.3, 0.4) is 0 Å². The molecule has 1 fully saturated rings. The summed E-state index contributed by atoms with van der Waals surface area (Å²) in [6.07, 6.45) is 3.67. The number of ketones is 1. The van der Waals surface area contributed by atoms with Crippen molar-refractivity contribution in [3.8, 4) is 5.75 Å². The van der Waals surface area contributed by atoms with E-state index in [9.17, 15) is 13.6 Å². The fourth-order valence-corrected chi connectivity index (χ4v) is 2.81. The Balaban J connectivity index is 1.96.